The summed E-state index contributed by atoms with van der Waals surface area (Å²) in [6.45, 7) is 12.4. The lowest BCUT2D eigenvalue weighted by Gasteiger charge is -2.34. The van der Waals surface area contributed by atoms with Crippen molar-refractivity contribution < 1.29 is 65.2 Å². The molecule has 0 unspecified atom stereocenters. The molecule has 87 heavy (non-hydrogen) atoms. The molecule has 0 amide bonds. The van der Waals surface area contributed by atoms with E-state index in [-0.39, 0.29) is 43.8 Å². The average molecular weight is 1330 g/mol. The number of aliphatic carboxylic acids is 1. The maximum absolute atomic E-state index is 13.4. The Labute approximate surface area is 518 Å². The Morgan fingerprint density at radius 3 is 1.23 bits per heavy atom. The van der Waals surface area contributed by atoms with Gasteiger partial charge in [-0.05, 0) is 102 Å². The summed E-state index contributed by atoms with van der Waals surface area (Å²) >= 11 is 7.74. The monoisotopic (exact) mass is 1320 g/mol. The molecule has 6 aromatic rings. The highest BCUT2D eigenvalue weighted by Crippen LogP contribution is 2.42. The van der Waals surface area contributed by atoms with E-state index in [1.54, 1.807) is 89.6 Å². The molecule has 0 bridgehead atoms. The molecule has 0 spiro atoms. The zero-order valence-corrected chi connectivity index (χ0v) is 52.3. The van der Waals surface area contributed by atoms with E-state index in [4.69, 9.17) is 40.0 Å². The standard InChI is InChI=1S/C18H17BrFN3O2S.C18H19FN4O2S.C18H18FN3O2S.C5H8F2O3/c1-3-25-17(24)14-13(10-19)22-15(16-21-8-9-26-16)23-18(14,2)11-4-6-12(20)7-5-11;1-3-25-17(24)14-13(10-20)22-15(16-21-8-9-26-16)23-18(14,2)11-4-6-12(19)7-5-11;1-4-24-17(23)14-11(2)21-15(16-20-9-10-25-16)22-18(14,3)12-5-7-13(19)8-6-12;1-5(6,7)3-10-2-4(8)9/h4-9H,3,10H2,1-2H3,(H,22,23);4-9H,3,10,20H2,1-2H3,(H,22,23);5-10H,4H2,1-3H3,(H,21,22);2-3H2,1H3,(H,8,9)/t3*18-;/m000./s1. The number of nitrogens with two attached hydrogens (primary N) is 1. The Hall–Kier alpha value is -7.89. The number of hydrogen-bond donors (Lipinski definition) is 5. The molecule has 0 saturated carbocycles. The highest BCUT2D eigenvalue weighted by atomic mass is 79.9. The first-order chi connectivity index (χ1) is 41.4. The van der Waals surface area contributed by atoms with E-state index in [2.05, 4.69) is 51.6 Å². The van der Waals surface area contributed by atoms with Crippen LogP contribution in [0.3, 0.4) is 0 Å². The third-order valence-corrected chi connectivity index (χ3v) is 15.7. The van der Waals surface area contributed by atoms with Gasteiger partial charge in [-0.1, -0.05) is 52.3 Å². The van der Waals surface area contributed by atoms with E-state index in [0.717, 1.165) is 5.01 Å². The minimum atomic E-state index is -2.95. The van der Waals surface area contributed by atoms with Crippen molar-refractivity contribution in [2.24, 2.45) is 20.7 Å². The van der Waals surface area contributed by atoms with Gasteiger partial charge in [0, 0.05) is 70.6 Å². The first kappa shape index (κ1) is 68.2. The lowest BCUT2D eigenvalue weighted by atomic mass is 9.82. The molecule has 6 N–H and O–H groups in total. The molecule has 6 heterocycles. The molecule has 28 heteroatoms. The average Bonchev–Trinajstić information content (AvgIpc) is 1.15. The number of carboxylic acids is 1. The summed E-state index contributed by atoms with van der Waals surface area (Å²) in [4.78, 5) is 74.9. The summed E-state index contributed by atoms with van der Waals surface area (Å²) in [6, 6.07) is 17.9. The maximum Gasteiger partial charge on any atom is 0.338 e. The number of allylic oxidation sites excluding steroid dienone is 2. The zero-order valence-electron chi connectivity index (χ0n) is 48.3. The molecule has 9 rings (SSSR count). The predicted octanol–water partition coefficient (Wildman–Crippen LogP) is 10.2. The molecular weight excluding hydrogens is 1260 g/mol. The van der Waals surface area contributed by atoms with Gasteiger partial charge in [-0.25, -0.2) is 71.1 Å². The summed E-state index contributed by atoms with van der Waals surface area (Å²) in [5.74, 6) is -5.00. The van der Waals surface area contributed by atoms with Crippen LogP contribution in [0.15, 0.2) is 156 Å². The minimum absolute atomic E-state index is 0.0926. The van der Waals surface area contributed by atoms with Crippen molar-refractivity contribution >= 4 is 91.3 Å². The van der Waals surface area contributed by atoms with E-state index in [1.165, 1.54) is 70.4 Å². The summed E-state index contributed by atoms with van der Waals surface area (Å²) in [7, 11) is 0. The van der Waals surface area contributed by atoms with Gasteiger partial charge in [-0.2, -0.15) is 0 Å². The number of aromatic nitrogens is 3. The third-order valence-electron chi connectivity index (χ3n) is 12.8. The summed E-state index contributed by atoms with van der Waals surface area (Å²) in [5.41, 5.74) is 7.75. The lowest BCUT2D eigenvalue weighted by molar-refractivity contribution is -0.146. The van der Waals surface area contributed by atoms with Gasteiger partial charge in [0.15, 0.2) is 32.5 Å². The third kappa shape index (κ3) is 17.2. The zero-order chi connectivity index (χ0) is 63.7. The second-order valence-corrected chi connectivity index (χ2v) is 22.4. The van der Waals surface area contributed by atoms with Crippen molar-refractivity contribution in [3.8, 4) is 0 Å². The number of benzene rings is 3. The number of alkyl halides is 3. The van der Waals surface area contributed by atoms with E-state index in [0.29, 0.717) is 90.3 Å². The first-order valence-corrected chi connectivity index (χ1v) is 30.3. The van der Waals surface area contributed by atoms with Gasteiger partial charge >= 0.3 is 23.9 Å². The van der Waals surface area contributed by atoms with Crippen LogP contribution < -0.4 is 21.7 Å². The van der Waals surface area contributed by atoms with Crippen molar-refractivity contribution in [2.45, 2.75) is 77.9 Å². The number of halogens is 6. The Kier molecular flexibility index (Phi) is 24.0. The Morgan fingerprint density at radius 1 is 0.586 bits per heavy atom. The molecule has 0 saturated heterocycles. The van der Waals surface area contributed by atoms with Crippen LogP contribution in [0.5, 0.6) is 0 Å². The second-order valence-electron chi connectivity index (χ2n) is 19.2. The minimum Gasteiger partial charge on any atom is -0.480 e. The predicted molar refractivity (Wildman–Crippen MR) is 325 cm³/mol. The number of carboxylic acid groups (broad SMARTS) is 1. The van der Waals surface area contributed by atoms with Crippen molar-refractivity contribution in [1.29, 1.82) is 0 Å². The van der Waals surface area contributed by atoms with Crippen molar-refractivity contribution in [3.63, 3.8) is 0 Å². The van der Waals surface area contributed by atoms with Crippen LogP contribution in [0.4, 0.5) is 22.0 Å². The van der Waals surface area contributed by atoms with Gasteiger partial charge in [0.05, 0.1) is 36.5 Å². The lowest BCUT2D eigenvalue weighted by Crippen LogP contribution is -2.43. The number of esters is 3. The highest BCUT2D eigenvalue weighted by Gasteiger charge is 2.45. The molecule has 3 aromatic carbocycles. The van der Waals surface area contributed by atoms with Crippen LogP contribution in [-0.2, 0) is 54.7 Å². The number of aliphatic imine (C=N–C) groups is 3. The molecular formula is C59H62BrF5N10O9S3. The fourth-order valence-corrected chi connectivity index (χ4v) is 11.1. The molecule has 0 radical (unpaired) electrons. The summed E-state index contributed by atoms with van der Waals surface area (Å²) in [5, 5.41) is 25.4. The van der Waals surface area contributed by atoms with Gasteiger partial charge in [0.25, 0.3) is 5.92 Å². The van der Waals surface area contributed by atoms with Crippen molar-refractivity contribution in [2.75, 3.05) is 44.9 Å². The molecule has 0 aliphatic carbocycles. The van der Waals surface area contributed by atoms with E-state index in [9.17, 15) is 41.1 Å². The fourth-order valence-electron chi connectivity index (χ4n) is 8.98. The Balaban J connectivity index is 0.000000193. The van der Waals surface area contributed by atoms with Crippen molar-refractivity contribution in [1.82, 2.24) is 30.9 Å². The Morgan fingerprint density at radius 2 is 0.920 bits per heavy atom. The van der Waals surface area contributed by atoms with Crippen LogP contribution in [0.1, 0.15) is 87.1 Å². The molecule has 462 valence electrons. The number of carbonyl (C=O) groups is 4. The Bertz CT molecular complexity index is 3400. The number of nitrogens with zero attached hydrogens (tertiary/aromatic N) is 6. The molecule has 3 atom stereocenters. The van der Waals surface area contributed by atoms with Crippen LogP contribution >= 0.6 is 49.9 Å². The smallest absolute Gasteiger partial charge is 0.338 e. The molecule has 0 fully saturated rings. The maximum atomic E-state index is 13.4. The number of ether oxygens (including phenoxy) is 4. The molecule has 19 nitrogen and oxygen atoms in total. The highest BCUT2D eigenvalue weighted by molar-refractivity contribution is 9.09. The number of carbonyl (C=O) groups excluding carboxylic acids is 3. The van der Waals surface area contributed by atoms with Crippen LogP contribution in [0, 0.1) is 17.5 Å². The van der Waals surface area contributed by atoms with Gasteiger partial charge in [0.1, 0.15) is 47.3 Å². The first-order valence-electron chi connectivity index (χ1n) is 26.6. The normalized spacial score (nSPS) is 18.9. The number of hydrogen-bond acceptors (Lipinski definition) is 21. The van der Waals surface area contributed by atoms with Crippen LogP contribution in [-0.4, -0.2) is 112 Å². The largest absolute Gasteiger partial charge is 0.480 e. The summed E-state index contributed by atoms with van der Waals surface area (Å²) < 4.78 is 83.8. The van der Waals surface area contributed by atoms with Gasteiger partial charge in [-0.15, -0.1) is 34.0 Å². The van der Waals surface area contributed by atoms with Gasteiger partial charge in [0.2, 0.25) is 0 Å². The molecule has 3 aliphatic rings. The number of amidine groups is 3. The van der Waals surface area contributed by atoms with Crippen LogP contribution in [0.2, 0.25) is 0 Å². The molecule has 3 aliphatic heterocycles. The fraction of sp³-hybridized carbons (Fsp3) is 0.322. The topological polar surface area (TPSA) is 263 Å². The van der Waals surface area contributed by atoms with Crippen LogP contribution in [0.25, 0.3) is 0 Å². The van der Waals surface area contributed by atoms with E-state index >= 15 is 0 Å². The van der Waals surface area contributed by atoms with Crippen molar-refractivity contribution in [3.05, 3.63) is 191 Å². The summed E-state index contributed by atoms with van der Waals surface area (Å²) in [6.07, 6.45) is 5.06. The number of rotatable bonds is 18. The number of nitrogens with one attached hydrogen (secondary N) is 3. The van der Waals surface area contributed by atoms with Gasteiger partial charge in [-0.3, -0.25) is 0 Å². The number of thiazole rings is 3. The second kappa shape index (κ2) is 30.6. The quantitative estimate of drug-likeness (QED) is 0.0232. The van der Waals surface area contributed by atoms with E-state index < -0.39 is 59.6 Å². The van der Waals surface area contributed by atoms with E-state index in [1.807, 2.05) is 30.0 Å². The SMILES string of the molecule is CC(F)(F)COCC(=O)O.CCOC(=O)C1=C(C)NC(c2nccs2)=N[C@@]1(C)c1ccc(F)cc1.CCOC(=O)C1=C(CBr)NC(c2nccs2)=N[C@@]1(C)c1ccc(F)cc1.CCOC(=O)C1=C(CN)NC(c2nccs2)=N[C@@]1(C)c1ccc(F)cc1. The molecule has 3 aromatic heterocycles. The van der Waals surface area contributed by atoms with Gasteiger partial charge < -0.3 is 45.7 Å².